The average Bonchev–Trinajstić information content (AvgIpc) is 3.05. The fraction of sp³-hybridized carbons (Fsp3) is 0.286. The topological polar surface area (TPSA) is 79.6 Å². The standard InChI is InChI=1S/C21H21ClN2O4S/c1-14-18-13-15(22)5-10-19(18)28-20(14)21(25)23-16-6-8-17(9-7-16)29(26,27)24-11-3-2-4-12-24/h5-10,13H,2-4,11-12H2,1H3,(H,23,25). The van der Waals surface area contributed by atoms with E-state index in [0.29, 0.717) is 34.9 Å². The number of amides is 1. The lowest BCUT2D eigenvalue weighted by Gasteiger charge is -2.25. The first-order valence-corrected chi connectivity index (χ1v) is 11.3. The summed E-state index contributed by atoms with van der Waals surface area (Å²) >= 11 is 6.02. The van der Waals surface area contributed by atoms with E-state index in [9.17, 15) is 13.2 Å². The van der Waals surface area contributed by atoms with Crippen molar-refractivity contribution < 1.29 is 17.6 Å². The third kappa shape index (κ3) is 3.90. The number of furan rings is 1. The van der Waals surface area contributed by atoms with Crippen molar-refractivity contribution in [3.63, 3.8) is 0 Å². The van der Waals surface area contributed by atoms with Crippen LogP contribution in [0.5, 0.6) is 0 Å². The van der Waals surface area contributed by atoms with Crippen molar-refractivity contribution in [2.75, 3.05) is 18.4 Å². The SMILES string of the molecule is Cc1c(C(=O)Nc2ccc(S(=O)(=O)N3CCCCC3)cc2)oc2ccc(Cl)cc12. The highest BCUT2D eigenvalue weighted by Crippen LogP contribution is 2.29. The minimum atomic E-state index is -3.50. The molecule has 1 saturated heterocycles. The summed E-state index contributed by atoms with van der Waals surface area (Å²) in [6, 6.07) is 11.4. The zero-order chi connectivity index (χ0) is 20.6. The van der Waals surface area contributed by atoms with Crippen LogP contribution in [-0.2, 0) is 10.0 Å². The Bertz CT molecular complexity index is 1160. The zero-order valence-corrected chi connectivity index (χ0v) is 17.5. The minimum absolute atomic E-state index is 0.201. The number of anilines is 1. The summed E-state index contributed by atoms with van der Waals surface area (Å²) in [4.78, 5) is 12.9. The Hall–Kier alpha value is -2.35. The van der Waals surface area contributed by atoms with Crippen LogP contribution in [0, 0.1) is 6.92 Å². The molecule has 1 N–H and O–H groups in total. The molecule has 29 heavy (non-hydrogen) atoms. The molecular weight excluding hydrogens is 412 g/mol. The van der Waals surface area contributed by atoms with Gasteiger partial charge in [0.25, 0.3) is 5.91 Å². The largest absolute Gasteiger partial charge is 0.451 e. The fourth-order valence-corrected chi connectivity index (χ4v) is 5.25. The monoisotopic (exact) mass is 432 g/mol. The van der Waals surface area contributed by atoms with E-state index in [4.69, 9.17) is 16.0 Å². The number of nitrogens with one attached hydrogen (secondary N) is 1. The number of rotatable bonds is 4. The number of halogens is 1. The molecule has 0 spiro atoms. The molecule has 2 heterocycles. The van der Waals surface area contributed by atoms with E-state index in [0.717, 1.165) is 24.6 Å². The summed E-state index contributed by atoms with van der Waals surface area (Å²) in [6.45, 7) is 2.90. The summed E-state index contributed by atoms with van der Waals surface area (Å²) in [5, 5.41) is 4.11. The predicted molar refractivity (Wildman–Crippen MR) is 113 cm³/mol. The molecule has 0 radical (unpaired) electrons. The lowest BCUT2D eigenvalue weighted by Crippen LogP contribution is -2.35. The van der Waals surface area contributed by atoms with Crippen LogP contribution in [-0.4, -0.2) is 31.7 Å². The molecule has 1 amide bonds. The highest BCUT2D eigenvalue weighted by Gasteiger charge is 2.26. The van der Waals surface area contributed by atoms with E-state index in [1.165, 1.54) is 16.4 Å². The fourth-order valence-electron chi connectivity index (χ4n) is 3.56. The van der Waals surface area contributed by atoms with Gasteiger partial charge in [-0.3, -0.25) is 4.79 Å². The summed E-state index contributed by atoms with van der Waals surface area (Å²) in [7, 11) is -3.50. The molecule has 0 aliphatic carbocycles. The number of carbonyl (C=O) groups is 1. The number of hydrogen-bond acceptors (Lipinski definition) is 4. The second-order valence-corrected chi connectivity index (χ2v) is 9.51. The van der Waals surface area contributed by atoms with Gasteiger partial charge < -0.3 is 9.73 Å². The van der Waals surface area contributed by atoms with Crippen LogP contribution in [0.1, 0.15) is 35.4 Å². The van der Waals surface area contributed by atoms with Gasteiger partial charge in [0.1, 0.15) is 5.58 Å². The number of hydrogen-bond donors (Lipinski definition) is 1. The first-order chi connectivity index (χ1) is 13.9. The second kappa shape index (κ2) is 7.82. The van der Waals surface area contributed by atoms with Crippen molar-refractivity contribution >= 4 is 44.2 Å². The Kier molecular flexibility index (Phi) is 5.38. The molecule has 8 heteroatoms. The summed E-state index contributed by atoms with van der Waals surface area (Å²) < 4.78 is 32.6. The molecule has 1 aliphatic rings. The minimum Gasteiger partial charge on any atom is -0.451 e. The molecule has 152 valence electrons. The van der Waals surface area contributed by atoms with Crippen molar-refractivity contribution in [3.05, 3.63) is 58.8 Å². The van der Waals surface area contributed by atoms with Crippen LogP contribution >= 0.6 is 11.6 Å². The highest BCUT2D eigenvalue weighted by molar-refractivity contribution is 7.89. The van der Waals surface area contributed by atoms with Crippen LogP contribution in [0.2, 0.25) is 5.02 Å². The molecule has 6 nitrogen and oxygen atoms in total. The first kappa shape index (κ1) is 19.9. The maximum absolute atomic E-state index is 12.7. The number of aryl methyl sites for hydroxylation is 1. The van der Waals surface area contributed by atoms with Crippen molar-refractivity contribution in [1.82, 2.24) is 4.31 Å². The maximum atomic E-state index is 12.7. The van der Waals surface area contributed by atoms with Crippen molar-refractivity contribution in [1.29, 1.82) is 0 Å². The molecule has 0 unspecified atom stereocenters. The van der Waals surface area contributed by atoms with Crippen LogP contribution in [0.15, 0.2) is 51.8 Å². The summed E-state index contributed by atoms with van der Waals surface area (Å²) in [5.74, 6) is -0.200. The normalized spacial score (nSPS) is 15.5. The van der Waals surface area contributed by atoms with Gasteiger partial charge >= 0.3 is 0 Å². The van der Waals surface area contributed by atoms with E-state index >= 15 is 0 Å². The Balaban J connectivity index is 1.53. The molecular formula is C21H21ClN2O4S. The van der Waals surface area contributed by atoms with E-state index in [1.807, 2.05) is 0 Å². The highest BCUT2D eigenvalue weighted by atomic mass is 35.5. The van der Waals surface area contributed by atoms with Crippen LogP contribution in [0.3, 0.4) is 0 Å². The molecule has 1 aromatic heterocycles. The smallest absolute Gasteiger partial charge is 0.291 e. The molecule has 3 aromatic rings. The molecule has 4 rings (SSSR count). The van der Waals surface area contributed by atoms with Gasteiger partial charge in [-0.25, -0.2) is 8.42 Å². The van der Waals surface area contributed by atoms with Crippen LogP contribution < -0.4 is 5.32 Å². The van der Waals surface area contributed by atoms with E-state index in [1.54, 1.807) is 37.3 Å². The third-order valence-corrected chi connectivity index (χ3v) is 7.32. The van der Waals surface area contributed by atoms with Crippen molar-refractivity contribution in [2.24, 2.45) is 0 Å². The van der Waals surface area contributed by atoms with Gasteiger partial charge in [-0.05, 0) is 62.2 Å². The van der Waals surface area contributed by atoms with Gasteiger partial charge in [0.2, 0.25) is 10.0 Å². The number of benzene rings is 2. The Morgan fingerprint density at radius 1 is 1.07 bits per heavy atom. The molecule has 0 bridgehead atoms. The predicted octanol–water partition coefficient (Wildman–Crippen LogP) is 4.82. The Morgan fingerprint density at radius 2 is 1.76 bits per heavy atom. The third-order valence-electron chi connectivity index (χ3n) is 5.17. The lowest BCUT2D eigenvalue weighted by atomic mass is 10.1. The van der Waals surface area contributed by atoms with Gasteiger partial charge in [0.05, 0.1) is 4.90 Å². The van der Waals surface area contributed by atoms with Gasteiger partial charge in [0.15, 0.2) is 5.76 Å². The molecule has 1 aliphatic heterocycles. The summed E-state index contributed by atoms with van der Waals surface area (Å²) in [6.07, 6.45) is 2.83. The number of nitrogens with zero attached hydrogens (tertiary/aromatic N) is 1. The Labute approximate surface area is 174 Å². The molecule has 2 aromatic carbocycles. The Morgan fingerprint density at radius 3 is 2.45 bits per heavy atom. The van der Waals surface area contributed by atoms with Crippen molar-refractivity contribution in [2.45, 2.75) is 31.1 Å². The summed E-state index contributed by atoms with van der Waals surface area (Å²) in [5.41, 5.74) is 1.77. The number of fused-ring (bicyclic) bond motifs is 1. The van der Waals surface area contributed by atoms with E-state index in [2.05, 4.69) is 5.32 Å². The molecule has 0 saturated carbocycles. The van der Waals surface area contributed by atoms with Crippen molar-refractivity contribution in [3.8, 4) is 0 Å². The van der Waals surface area contributed by atoms with Gasteiger partial charge in [-0.1, -0.05) is 18.0 Å². The quantitative estimate of drug-likeness (QED) is 0.640. The van der Waals surface area contributed by atoms with Gasteiger partial charge in [0, 0.05) is 34.7 Å². The lowest BCUT2D eigenvalue weighted by molar-refractivity contribution is 0.0998. The average molecular weight is 433 g/mol. The van der Waals surface area contributed by atoms with E-state index < -0.39 is 15.9 Å². The number of carbonyl (C=O) groups excluding carboxylic acids is 1. The van der Waals surface area contributed by atoms with Gasteiger partial charge in [-0.15, -0.1) is 0 Å². The number of piperidine rings is 1. The first-order valence-electron chi connectivity index (χ1n) is 9.46. The van der Waals surface area contributed by atoms with Gasteiger partial charge in [-0.2, -0.15) is 4.31 Å². The molecule has 1 fully saturated rings. The van der Waals surface area contributed by atoms with Crippen LogP contribution in [0.25, 0.3) is 11.0 Å². The van der Waals surface area contributed by atoms with Crippen LogP contribution in [0.4, 0.5) is 5.69 Å². The second-order valence-electron chi connectivity index (χ2n) is 7.14. The molecule has 0 atom stereocenters. The zero-order valence-electron chi connectivity index (χ0n) is 15.9. The number of sulfonamides is 1. The van der Waals surface area contributed by atoms with E-state index in [-0.39, 0.29) is 10.7 Å². The maximum Gasteiger partial charge on any atom is 0.291 e.